The van der Waals surface area contributed by atoms with Gasteiger partial charge in [-0.1, -0.05) is 26.3 Å². The van der Waals surface area contributed by atoms with E-state index in [4.69, 9.17) is 4.74 Å². The minimum absolute atomic E-state index is 0.0325. The first-order valence-electron chi connectivity index (χ1n) is 11.9. The number of ketones is 2. The van der Waals surface area contributed by atoms with Crippen LogP contribution in [0.3, 0.4) is 0 Å². The van der Waals surface area contributed by atoms with Crippen molar-refractivity contribution >= 4 is 17.5 Å². The molecule has 3 fully saturated rings. The van der Waals surface area contributed by atoms with E-state index < -0.39 is 35.5 Å². The van der Waals surface area contributed by atoms with Gasteiger partial charge >= 0.3 is 5.97 Å². The van der Waals surface area contributed by atoms with Crippen LogP contribution in [0, 0.1) is 28.6 Å². The Hall–Kier alpha value is -1.53. The van der Waals surface area contributed by atoms with Gasteiger partial charge in [-0.05, 0) is 74.2 Å². The van der Waals surface area contributed by atoms with Crippen molar-refractivity contribution in [2.45, 2.75) is 90.3 Å². The molecule has 0 bridgehead atoms. The number of hydrogen-bond acceptors (Lipinski definition) is 6. The molecule has 0 aromatic carbocycles. The van der Waals surface area contributed by atoms with Crippen LogP contribution in [0.5, 0.6) is 0 Å². The van der Waals surface area contributed by atoms with Gasteiger partial charge in [0.05, 0.1) is 6.10 Å². The number of fused-ring (bicyclic) bond motifs is 5. The Morgan fingerprint density at radius 2 is 1.94 bits per heavy atom. The third-order valence-corrected chi connectivity index (χ3v) is 9.35. The number of aliphatic hydroxyl groups is 2. The van der Waals surface area contributed by atoms with Crippen molar-refractivity contribution in [1.82, 2.24) is 0 Å². The van der Waals surface area contributed by atoms with Crippen LogP contribution in [0.1, 0.15) is 78.6 Å². The van der Waals surface area contributed by atoms with Gasteiger partial charge in [0.25, 0.3) is 0 Å². The molecule has 0 aromatic heterocycles. The fourth-order valence-corrected chi connectivity index (χ4v) is 7.94. The summed E-state index contributed by atoms with van der Waals surface area (Å²) in [7, 11) is 0. The lowest BCUT2D eigenvalue weighted by Gasteiger charge is -2.60. The van der Waals surface area contributed by atoms with Crippen LogP contribution in [-0.2, 0) is 19.1 Å². The Morgan fingerprint density at radius 1 is 1.19 bits per heavy atom. The van der Waals surface area contributed by atoms with E-state index in [1.807, 2.05) is 13.8 Å². The van der Waals surface area contributed by atoms with Crippen molar-refractivity contribution in [3.8, 4) is 0 Å². The Kier molecular flexibility index (Phi) is 5.70. The first-order valence-corrected chi connectivity index (χ1v) is 11.9. The van der Waals surface area contributed by atoms with Gasteiger partial charge in [-0.2, -0.15) is 0 Å². The second-order valence-electron chi connectivity index (χ2n) is 10.7. The zero-order valence-electron chi connectivity index (χ0n) is 19.0. The fraction of sp³-hybridized carbons (Fsp3) is 0.800. The van der Waals surface area contributed by atoms with Crippen molar-refractivity contribution in [2.24, 2.45) is 28.6 Å². The van der Waals surface area contributed by atoms with Crippen molar-refractivity contribution in [3.05, 3.63) is 11.6 Å². The first kappa shape index (κ1) is 22.7. The van der Waals surface area contributed by atoms with Crippen molar-refractivity contribution in [1.29, 1.82) is 0 Å². The lowest BCUT2D eigenvalue weighted by atomic mass is 9.45. The largest absolute Gasteiger partial charge is 0.450 e. The first-order chi connectivity index (χ1) is 14.6. The third kappa shape index (κ3) is 3.16. The van der Waals surface area contributed by atoms with E-state index in [2.05, 4.69) is 6.92 Å². The number of carbonyl (C=O) groups is 3. The lowest BCUT2D eigenvalue weighted by molar-refractivity contribution is -0.202. The molecule has 31 heavy (non-hydrogen) atoms. The molecule has 0 aromatic rings. The highest BCUT2D eigenvalue weighted by Crippen LogP contribution is 2.68. The van der Waals surface area contributed by atoms with Gasteiger partial charge in [0.2, 0.25) is 5.78 Å². The number of rotatable bonds is 5. The fourth-order valence-electron chi connectivity index (χ4n) is 7.94. The number of carbonyl (C=O) groups excluding carboxylic acids is 3. The standard InChI is InChI=1S/C25H36O6/c1-4-5-21(30)31-25(20(29)14-26)11-9-18-17-7-6-15-12-16(27)8-10-23(15,2)22(17)19(28)13-24(18,25)3/h12,17-19,22,26,28H,4-11,13-14H2,1-3H3/t17-,18-,19+,22+,23+,24+,25-/m1/s1. The lowest BCUT2D eigenvalue weighted by Crippen LogP contribution is -2.63. The summed E-state index contributed by atoms with van der Waals surface area (Å²) in [5.74, 6) is -0.320. The molecule has 0 spiro atoms. The van der Waals surface area contributed by atoms with Gasteiger partial charge in [0.15, 0.2) is 11.4 Å². The van der Waals surface area contributed by atoms with Gasteiger partial charge < -0.3 is 14.9 Å². The van der Waals surface area contributed by atoms with E-state index in [0.717, 1.165) is 31.3 Å². The van der Waals surface area contributed by atoms with E-state index in [1.54, 1.807) is 6.08 Å². The summed E-state index contributed by atoms with van der Waals surface area (Å²) in [6.07, 6.45) is 6.48. The number of Topliss-reactive ketones (excluding diaryl/α,β-unsaturated/α-hetero) is 1. The molecule has 0 amide bonds. The smallest absolute Gasteiger partial charge is 0.306 e. The number of ether oxygens (including phenoxy) is 1. The molecule has 6 heteroatoms. The highest BCUT2D eigenvalue weighted by atomic mass is 16.6. The summed E-state index contributed by atoms with van der Waals surface area (Å²) < 4.78 is 5.92. The van der Waals surface area contributed by atoms with Gasteiger partial charge in [-0.3, -0.25) is 14.4 Å². The molecule has 172 valence electrons. The Morgan fingerprint density at radius 3 is 2.61 bits per heavy atom. The zero-order valence-corrected chi connectivity index (χ0v) is 19.0. The molecule has 0 saturated heterocycles. The zero-order chi connectivity index (χ0) is 22.6. The van der Waals surface area contributed by atoms with Gasteiger partial charge in [0, 0.05) is 18.3 Å². The topological polar surface area (TPSA) is 101 Å². The quantitative estimate of drug-likeness (QED) is 0.648. The van der Waals surface area contributed by atoms with Crippen molar-refractivity contribution < 1.29 is 29.3 Å². The normalized spacial score (nSPS) is 44.0. The molecule has 6 nitrogen and oxygen atoms in total. The predicted octanol–water partition coefficient (Wildman–Crippen LogP) is 3.13. The van der Waals surface area contributed by atoms with E-state index >= 15 is 0 Å². The highest BCUT2D eigenvalue weighted by molar-refractivity contribution is 5.92. The monoisotopic (exact) mass is 432 g/mol. The Balaban J connectivity index is 1.73. The molecule has 4 rings (SSSR count). The average molecular weight is 433 g/mol. The van der Waals surface area contributed by atoms with Crippen LogP contribution in [-0.4, -0.2) is 46.1 Å². The summed E-state index contributed by atoms with van der Waals surface area (Å²) in [6, 6.07) is 0. The van der Waals surface area contributed by atoms with Crippen LogP contribution in [0.4, 0.5) is 0 Å². The number of allylic oxidation sites excluding steroid dienone is 1. The summed E-state index contributed by atoms with van der Waals surface area (Å²) >= 11 is 0. The maximum absolute atomic E-state index is 13.1. The van der Waals surface area contributed by atoms with Crippen LogP contribution >= 0.6 is 0 Å². The number of esters is 1. The van der Waals surface area contributed by atoms with Crippen LogP contribution in [0.2, 0.25) is 0 Å². The summed E-state index contributed by atoms with van der Waals surface area (Å²) in [4.78, 5) is 37.6. The maximum Gasteiger partial charge on any atom is 0.306 e. The molecule has 0 radical (unpaired) electrons. The minimum Gasteiger partial charge on any atom is -0.450 e. The molecule has 0 aliphatic heterocycles. The Bertz CT molecular complexity index is 817. The average Bonchev–Trinajstić information content (AvgIpc) is 3.00. The molecule has 4 aliphatic carbocycles. The van der Waals surface area contributed by atoms with Crippen molar-refractivity contribution in [2.75, 3.05) is 6.61 Å². The predicted molar refractivity (Wildman–Crippen MR) is 114 cm³/mol. The van der Waals surface area contributed by atoms with Gasteiger partial charge in [0.1, 0.15) is 6.61 Å². The number of hydrogen-bond donors (Lipinski definition) is 2. The molecule has 7 atom stereocenters. The van der Waals surface area contributed by atoms with E-state index in [9.17, 15) is 24.6 Å². The van der Waals surface area contributed by atoms with E-state index in [-0.39, 0.29) is 35.4 Å². The van der Waals surface area contributed by atoms with E-state index in [1.165, 1.54) is 0 Å². The summed E-state index contributed by atoms with van der Waals surface area (Å²) in [5, 5.41) is 21.3. The van der Waals surface area contributed by atoms with Crippen LogP contribution in [0.25, 0.3) is 0 Å². The molecular formula is C25H36O6. The van der Waals surface area contributed by atoms with Gasteiger partial charge in [-0.15, -0.1) is 0 Å². The summed E-state index contributed by atoms with van der Waals surface area (Å²) in [5.41, 5.74) is -1.12. The van der Waals surface area contributed by atoms with Crippen LogP contribution < -0.4 is 0 Å². The highest BCUT2D eigenvalue weighted by Gasteiger charge is 2.70. The molecule has 2 N–H and O–H groups in total. The van der Waals surface area contributed by atoms with E-state index in [0.29, 0.717) is 25.7 Å². The second kappa shape index (κ2) is 7.80. The molecule has 0 heterocycles. The van der Waals surface area contributed by atoms with Gasteiger partial charge in [-0.25, -0.2) is 0 Å². The number of aliphatic hydroxyl groups excluding tert-OH is 2. The Labute approximate surface area is 184 Å². The molecule has 0 unspecified atom stereocenters. The summed E-state index contributed by atoms with van der Waals surface area (Å²) in [6.45, 7) is 5.39. The maximum atomic E-state index is 13.1. The van der Waals surface area contributed by atoms with Crippen LogP contribution in [0.15, 0.2) is 11.6 Å². The minimum atomic E-state index is -1.37. The second-order valence-corrected chi connectivity index (χ2v) is 10.7. The SMILES string of the molecule is CCCC(=O)O[C@@]1(C(=O)CO)CC[C@@H]2[C@H]3CCC4=CC(=O)CC[C@]4(C)[C@@H]3[C@@H](O)C[C@@]21C. The van der Waals surface area contributed by atoms with Crippen molar-refractivity contribution in [3.63, 3.8) is 0 Å². The third-order valence-electron chi connectivity index (χ3n) is 9.35. The molecule has 3 saturated carbocycles. The molecule has 4 aliphatic rings. The molecular weight excluding hydrogens is 396 g/mol.